The summed E-state index contributed by atoms with van der Waals surface area (Å²) in [5.41, 5.74) is 1.79. The first-order valence-corrected chi connectivity index (χ1v) is 8.20. The summed E-state index contributed by atoms with van der Waals surface area (Å²) in [7, 11) is 1.95. The van der Waals surface area contributed by atoms with Gasteiger partial charge in [-0.1, -0.05) is 18.2 Å². The number of rotatable bonds is 4. The van der Waals surface area contributed by atoms with Gasteiger partial charge in [0.1, 0.15) is 5.82 Å². The lowest BCUT2D eigenvalue weighted by Gasteiger charge is -2.42. The topological polar surface area (TPSA) is 55.7 Å². The SMILES string of the molecule is CN(c1ccccc1)[C@H]1C[C@H](Nc2ccc(F)cc2)[C@@H](O)C[C@@H]1O. The molecule has 4 atom stereocenters. The van der Waals surface area contributed by atoms with Crippen LogP contribution in [0.15, 0.2) is 54.6 Å². The Morgan fingerprint density at radius 2 is 1.62 bits per heavy atom. The Hall–Kier alpha value is -2.11. The predicted octanol–water partition coefficient (Wildman–Crippen LogP) is 2.63. The second-order valence-corrected chi connectivity index (χ2v) is 6.38. The van der Waals surface area contributed by atoms with Gasteiger partial charge in [0, 0.05) is 24.8 Å². The quantitative estimate of drug-likeness (QED) is 0.807. The van der Waals surface area contributed by atoms with Crippen molar-refractivity contribution in [2.24, 2.45) is 0 Å². The maximum absolute atomic E-state index is 13.0. The van der Waals surface area contributed by atoms with Crippen molar-refractivity contribution < 1.29 is 14.6 Å². The number of halogens is 1. The maximum Gasteiger partial charge on any atom is 0.123 e. The number of para-hydroxylation sites is 1. The van der Waals surface area contributed by atoms with Gasteiger partial charge in [-0.05, 0) is 42.8 Å². The van der Waals surface area contributed by atoms with E-state index in [1.165, 1.54) is 12.1 Å². The second kappa shape index (κ2) is 7.20. The molecule has 128 valence electrons. The maximum atomic E-state index is 13.0. The van der Waals surface area contributed by atoms with Crippen molar-refractivity contribution in [2.75, 3.05) is 17.3 Å². The summed E-state index contributed by atoms with van der Waals surface area (Å²) in [5, 5.41) is 24.0. The highest BCUT2D eigenvalue weighted by atomic mass is 19.1. The Balaban J connectivity index is 1.73. The van der Waals surface area contributed by atoms with E-state index in [1.54, 1.807) is 12.1 Å². The van der Waals surface area contributed by atoms with Gasteiger partial charge in [-0.15, -0.1) is 0 Å². The van der Waals surface area contributed by atoms with Crippen LogP contribution in [0.5, 0.6) is 0 Å². The van der Waals surface area contributed by atoms with Gasteiger partial charge in [-0.2, -0.15) is 0 Å². The molecular formula is C19H23FN2O2. The van der Waals surface area contributed by atoms with Gasteiger partial charge in [0.2, 0.25) is 0 Å². The molecule has 2 aromatic carbocycles. The molecule has 1 saturated carbocycles. The summed E-state index contributed by atoms with van der Waals surface area (Å²) in [4.78, 5) is 2.05. The van der Waals surface area contributed by atoms with E-state index in [1.807, 2.05) is 37.4 Å². The van der Waals surface area contributed by atoms with E-state index in [2.05, 4.69) is 10.2 Å². The molecule has 3 N–H and O–H groups in total. The van der Waals surface area contributed by atoms with E-state index in [9.17, 15) is 14.6 Å². The fourth-order valence-electron chi connectivity index (χ4n) is 3.33. The zero-order valence-corrected chi connectivity index (χ0v) is 13.6. The second-order valence-electron chi connectivity index (χ2n) is 6.38. The number of aliphatic hydroxyl groups is 2. The zero-order chi connectivity index (χ0) is 17.1. The van der Waals surface area contributed by atoms with Gasteiger partial charge in [0.25, 0.3) is 0 Å². The first-order chi connectivity index (χ1) is 11.5. The molecule has 0 heterocycles. The first-order valence-electron chi connectivity index (χ1n) is 8.20. The van der Waals surface area contributed by atoms with E-state index in [-0.39, 0.29) is 17.9 Å². The molecule has 1 aliphatic carbocycles. The van der Waals surface area contributed by atoms with Crippen LogP contribution in [0, 0.1) is 5.82 Å². The van der Waals surface area contributed by atoms with Crippen LogP contribution >= 0.6 is 0 Å². The molecule has 4 nitrogen and oxygen atoms in total. The molecule has 2 aromatic rings. The van der Waals surface area contributed by atoms with Crippen molar-refractivity contribution in [2.45, 2.75) is 37.1 Å². The van der Waals surface area contributed by atoms with E-state index < -0.39 is 12.2 Å². The third-order valence-electron chi connectivity index (χ3n) is 4.74. The molecule has 3 rings (SSSR count). The summed E-state index contributed by atoms with van der Waals surface area (Å²) in [6.45, 7) is 0. The standard InChI is InChI=1S/C19H23FN2O2/c1-22(15-5-3-2-4-6-15)17-11-16(18(23)12-19(17)24)21-14-9-7-13(20)8-10-14/h2-10,16-19,21,23-24H,11-12H2,1H3/t16-,17-,18-,19-/m0/s1. The van der Waals surface area contributed by atoms with Crippen LogP contribution in [0.25, 0.3) is 0 Å². The normalized spacial score (nSPS) is 26.8. The van der Waals surface area contributed by atoms with Gasteiger partial charge in [0.05, 0.1) is 24.3 Å². The lowest BCUT2D eigenvalue weighted by Crippen LogP contribution is -2.54. The Bertz CT molecular complexity index is 650. The first kappa shape index (κ1) is 16.7. The van der Waals surface area contributed by atoms with Crippen LogP contribution in [0.2, 0.25) is 0 Å². The van der Waals surface area contributed by atoms with Gasteiger partial charge in [-0.25, -0.2) is 4.39 Å². The van der Waals surface area contributed by atoms with Crippen molar-refractivity contribution >= 4 is 11.4 Å². The molecule has 0 amide bonds. The number of nitrogens with zero attached hydrogens (tertiary/aromatic N) is 1. The Kier molecular flexibility index (Phi) is 5.02. The van der Waals surface area contributed by atoms with Gasteiger partial charge in [0.15, 0.2) is 0 Å². The van der Waals surface area contributed by atoms with Gasteiger partial charge in [-0.3, -0.25) is 0 Å². The Morgan fingerprint density at radius 3 is 2.29 bits per heavy atom. The van der Waals surface area contributed by atoms with Crippen LogP contribution in [0.3, 0.4) is 0 Å². The molecule has 0 unspecified atom stereocenters. The average molecular weight is 330 g/mol. The van der Waals surface area contributed by atoms with Crippen molar-refractivity contribution in [1.29, 1.82) is 0 Å². The fourth-order valence-corrected chi connectivity index (χ4v) is 3.33. The molecule has 1 aliphatic rings. The van der Waals surface area contributed by atoms with Crippen LogP contribution in [0.1, 0.15) is 12.8 Å². The highest BCUT2D eigenvalue weighted by Crippen LogP contribution is 2.29. The highest BCUT2D eigenvalue weighted by Gasteiger charge is 2.37. The molecule has 0 spiro atoms. The summed E-state index contributed by atoms with van der Waals surface area (Å²) < 4.78 is 13.0. The molecule has 1 fully saturated rings. The number of anilines is 2. The van der Waals surface area contributed by atoms with Gasteiger partial charge < -0.3 is 20.4 Å². The lowest BCUT2D eigenvalue weighted by atomic mass is 9.85. The average Bonchev–Trinajstić information content (AvgIpc) is 2.59. The van der Waals surface area contributed by atoms with Crippen molar-refractivity contribution in [3.63, 3.8) is 0 Å². The van der Waals surface area contributed by atoms with Crippen LogP contribution in [-0.2, 0) is 0 Å². The third kappa shape index (κ3) is 3.68. The molecular weight excluding hydrogens is 307 g/mol. The monoisotopic (exact) mass is 330 g/mol. The van der Waals surface area contributed by atoms with E-state index in [0.29, 0.717) is 12.8 Å². The minimum Gasteiger partial charge on any atom is -0.391 e. The molecule has 0 saturated heterocycles. The number of aliphatic hydroxyl groups excluding tert-OH is 2. The lowest BCUT2D eigenvalue weighted by molar-refractivity contribution is 0.0182. The largest absolute Gasteiger partial charge is 0.391 e. The van der Waals surface area contributed by atoms with Crippen molar-refractivity contribution in [3.05, 3.63) is 60.4 Å². The smallest absolute Gasteiger partial charge is 0.123 e. The van der Waals surface area contributed by atoms with E-state index >= 15 is 0 Å². The Morgan fingerprint density at radius 1 is 0.958 bits per heavy atom. The molecule has 5 heteroatoms. The minimum absolute atomic E-state index is 0.103. The predicted molar refractivity (Wildman–Crippen MR) is 93.7 cm³/mol. The third-order valence-corrected chi connectivity index (χ3v) is 4.74. The van der Waals surface area contributed by atoms with Crippen molar-refractivity contribution in [3.8, 4) is 0 Å². The Labute approximate surface area is 141 Å². The summed E-state index contributed by atoms with van der Waals surface area (Å²) >= 11 is 0. The summed E-state index contributed by atoms with van der Waals surface area (Å²) in [5.74, 6) is -0.290. The number of hydrogen-bond acceptors (Lipinski definition) is 4. The van der Waals surface area contributed by atoms with Crippen molar-refractivity contribution in [1.82, 2.24) is 0 Å². The number of nitrogens with one attached hydrogen (secondary N) is 1. The zero-order valence-electron chi connectivity index (χ0n) is 13.6. The highest BCUT2D eigenvalue weighted by molar-refractivity contribution is 5.48. The summed E-state index contributed by atoms with van der Waals surface area (Å²) in [6.07, 6.45) is -0.354. The molecule has 0 aliphatic heterocycles. The molecule has 0 bridgehead atoms. The molecule has 0 radical (unpaired) electrons. The van der Waals surface area contributed by atoms with E-state index in [4.69, 9.17) is 0 Å². The van der Waals surface area contributed by atoms with Crippen LogP contribution < -0.4 is 10.2 Å². The van der Waals surface area contributed by atoms with Crippen LogP contribution in [0.4, 0.5) is 15.8 Å². The van der Waals surface area contributed by atoms with E-state index in [0.717, 1.165) is 11.4 Å². The number of hydrogen-bond donors (Lipinski definition) is 3. The fraction of sp³-hybridized carbons (Fsp3) is 0.368. The minimum atomic E-state index is -0.648. The molecule has 0 aromatic heterocycles. The number of benzene rings is 2. The number of likely N-dealkylation sites (N-methyl/N-ethyl adjacent to an activating group) is 1. The van der Waals surface area contributed by atoms with Crippen LogP contribution in [-0.4, -0.2) is 41.6 Å². The molecule has 24 heavy (non-hydrogen) atoms. The summed E-state index contributed by atoms with van der Waals surface area (Å²) in [6, 6.07) is 15.7. The van der Waals surface area contributed by atoms with Gasteiger partial charge >= 0.3 is 0 Å².